The number of amides is 2. The predicted octanol–water partition coefficient (Wildman–Crippen LogP) is 2.28. The number of hydrogen-bond acceptors (Lipinski definition) is 6. The molecule has 0 spiro atoms. The van der Waals surface area contributed by atoms with Crippen molar-refractivity contribution in [1.82, 2.24) is 16.2 Å². The van der Waals surface area contributed by atoms with Crippen LogP contribution in [0.15, 0.2) is 48.5 Å². The van der Waals surface area contributed by atoms with Gasteiger partial charge >= 0.3 is 5.97 Å². The van der Waals surface area contributed by atoms with E-state index in [4.69, 9.17) is 21.7 Å². The molecule has 0 radical (unpaired) electrons. The van der Waals surface area contributed by atoms with Crippen LogP contribution in [0.3, 0.4) is 0 Å². The second kappa shape index (κ2) is 11.5. The second-order valence-electron chi connectivity index (χ2n) is 6.27. The molecule has 0 aliphatic rings. The van der Waals surface area contributed by atoms with E-state index >= 15 is 0 Å². The largest absolute Gasteiger partial charge is 0.484 e. The first-order valence-electron chi connectivity index (χ1n) is 9.26. The summed E-state index contributed by atoms with van der Waals surface area (Å²) >= 11 is 4.99. The predicted molar refractivity (Wildman–Crippen MR) is 115 cm³/mol. The average Bonchev–Trinajstić information content (AvgIpc) is 2.74. The van der Waals surface area contributed by atoms with Crippen LogP contribution in [-0.2, 0) is 9.53 Å². The fourth-order valence-electron chi connectivity index (χ4n) is 2.27. The van der Waals surface area contributed by atoms with Crippen molar-refractivity contribution in [2.45, 2.75) is 20.3 Å². The van der Waals surface area contributed by atoms with Crippen LogP contribution in [0.25, 0.3) is 0 Å². The van der Waals surface area contributed by atoms with E-state index in [1.807, 2.05) is 19.9 Å². The Morgan fingerprint density at radius 1 is 1.00 bits per heavy atom. The number of rotatable bonds is 7. The molecule has 0 atom stereocenters. The third-order valence-corrected chi connectivity index (χ3v) is 3.92. The lowest BCUT2D eigenvalue weighted by Gasteiger charge is -2.12. The van der Waals surface area contributed by atoms with E-state index in [9.17, 15) is 14.4 Å². The zero-order valence-electron chi connectivity index (χ0n) is 16.7. The van der Waals surface area contributed by atoms with Crippen molar-refractivity contribution >= 4 is 35.1 Å². The lowest BCUT2D eigenvalue weighted by Crippen LogP contribution is -2.49. The van der Waals surface area contributed by atoms with Crippen LogP contribution >= 0.6 is 12.2 Å². The van der Waals surface area contributed by atoms with Gasteiger partial charge in [0, 0.05) is 5.56 Å². The summed E-state index contributed by atoms with van der Waals surface area (Å²) in [6, 6.07) is 13.3. The van der Waals surface area contributed by atoms with E-state index < -0.39 is 11.9 Å². The number of carbonyl (C=O) groups is 3. The minimum absolute atomic E-state index is 0.0511. The molecular formula is C21H23N3O5S. The summed E-state index contributed by atoms with van der Waals surface area (Å²) in [5.41, 5.74) is 6.56. The normalized spacial score (nSPS) is 9.93. The number of hydrogen-bond donors (Lipinski definition) is 3. The molecule has 158 valence electrons. The monoisotopic (exact) mass is 429 g/mol. The van der Waals surface area contributed by atoms with E-state index in [1.165, 1.54) is 0 Å². The number of ether oxygens (including phenoxy) is 2. The van der Waals surface area contributed by atoms with E-state index in [2.05, 4.69) is 16.2 Å². The van der Waals surface area contributed by atoms with Crippen LogP contribution in [0, 0.1) is 6.92 Å². The first-order chi connectivity index (χ1) is 14.4. The van der Waals surface area contributed by atoms with Gasteiger partial charge in [0.25, 0.3) is 11.8 Å². The van der Waals surface area contributed by atoms with Gasteiger partial charge in [-0.1, -0.05) is 24.6 Å². The van der Waals surface area contributed by atoms with Crippen LogP contribution in [0.2, 0.25) is 0 Å². The van der Waals surface area contributed by atoms with Crippen molar-refractivity contribution in [3.8, 4) is 5.75 Å². The molecule has 9 heteroatoms. The number of aryl methyl sites for hydroxylation is 1. The summed E-state index contributed by atoms with van der Waals surface area (Å²) in [5, 5.41) is 2.41. The molecule has 2 amide bonds. The van der Waals surface area contributed by atoms with Crippen molar-refractivity contribution in [3.05, 3.63) is 65.2 Å². The van der Waals surface area contributed by atoms with Crippen molar-refractivity contribution < 1.29 is 23.9 Å². The average molecular weight is 429 g/mol. The van der Waals surface area contributed by atoms with Crippen LogP contribution in [0.5, 0.6) is 5.75 Å². The van der Waals surface area contributed by atoms with Gasteiger partial charge < -0.3 is 9.47 Å². The minimum atomic E-state index is -0.506. The summed E-state index contributed by atoms with van der Waals surface area (Å²) in [7, 11) is 0. The first-order valence-corrected chi connectivity index (χ1v) is 9.66. The van der Waals surface area contributed by atoms with E-state index in [-0.39, 0.29) is 17.6 Å². The summed E-state index contributed by atoms with van der Waals surface area (Å²) in [6.07, 6.45) is 0.745. The van der Waals surface area contributed by atoms with Gasteiger partial charge in [0.1, 0.15) is 5.75 Å². The molecule has 0 saturated carbocycles. The Kier molecular flexibility index (Phi) is 8.76. The maximum atomic E-state index is 12.1. The number of benzene rings is 2. The van der Waals surface area contributed by atoms with Crippen LogP contribution < -0.4 is 20.9 Å². The molecule has 0 aliphatic carbocycles. The summed E-state index contributed by atoms with van der Waals surface area (Å²) in [5.74, 6) is -0.896. The fourth-order valence-corrected chi connectivity index (χ4v) is 2.41. The molecular weight excluding hydrogens is 406 g/mol. The van der Waals surface area contributed by atoms with Crippen molar-refractivity contribution in [3.63, 3.8) is 0 Å². The van der Waals surface area contributed by atoms with Gasteiger partial charge in [0.15, 0.2) is 11.7 Å². The molecule has 0 aromatic heterocycles. The first kappa shape index (κ1) is 22.8. The number of hydrazine groups is 1. The molecule has 2 aromatic carbocycles. The molecule has 30 heavy (non-hydrogen) atoms. The number of carbonyl (C=O) groups excluding carboxylic acids is 3. The Morgan fingerprint density at radius 2 is 1.73 bits per heavy atom. The Morgan fingerprint density at radius 3 is 2.40 bits per heavy atom. The highest BCUT2D eigenvalue weighted by Crippen LogP contribution is 2.13. The topological polar surface area (TPSA) is 106 Å². The van der Waals surface area contributed by atoms with Gasteiger partial charge in [0.05, 0.1) is 12.2 Å². The van der Waals surface area contributed by atoms with Crippen LogP contribution in [0.4, 0.5) is 0 Å². The summed E-state index contributed by atoms with van der Waals surface area (Å²) < 4.78 is 10.4. The van der Waals surface area contributed by atoms with E-state index in [1.54, 1.807) is 42.5 Å². The second-order valence-corrected chi connectivity index (χ2v) is 6.68. The quantitative estimate of drug-likeness (QED) is 0.352. The maximum Gasteiger partial charge on any atom is 0.338 e. The molecule has 0 aliphatic heterocycles. The van der Waals surface area contributed by atoms with Gasteiger partial charge in [-0.3, -0.25) is 25.8 Å². The Labute approximate surface area is 179 Å². The van der Waals surface area contributed by atoms with Crippen molar-refractivity contribution in [1.29, 1.82) is 0 Å². The zero-order valence-corrected chi connectivity index (χ0v) is 17.5. The number of esters is 1. The standard InChI is InChI=1S/C21H23N3O5S/c1-3-11-28-20(27)15-7-9-17(10-8-15)29-13-18(25)23-24-21(30)22-19(26)16-6-4-5-14(2)12-16/h4-10,12H,3,11,13H2,1-2H3,(H,23,25)(H2,22,24,26,30). The molecule has 8 nitrogen and oxygen atoms in total. The highest BCUT2D eigenvalue weighted by atomic mass is 32.1. The maximum absolute atomic E-state index is 12.1. The SMILES string of the molecule is CCCOC(=O)c1ccc(OCC(=O)NNC(=S)NC(=O)c2cccc(C)c2)cc1. The third kappa shape index (κ3) is 7.51. The summed E-state index contributed by atoms with van der Waals surface area (Å²) in [6.45, 7) is 3.85. The Balaban J connectivity index is 1.72. The molecule has 0 fully saturated rings. The van der Waals surface area contributed by atoms with Gasteiger partial charge in [0.2, 0.25) is 0 Å². The van der Waals surface area contributed by atoms with Gasteiger partial charge in [-0.2, -0.15) is 0 Å². The molecule has 2 rings (SSSR count). The Hall–Kier alpha value is -3.46. The van der Waals surface area contributed by atoms with Crippen molar-refractivity contribution in [2.75, 3.05) is 13.2 Å². The van der Waals surface area contributed by atoms with Crippen LogP contribution in [-0.4, -0.2) is 36.1 Å². The van der Waals surface area contributed by atoms with Gasteiger partial charge in [-0.05, 0) is 62.0 Å². The molecule has 0 heterocycles. The third-order valence-electron chi connectivity index (χ3n) is 3.72. The van der Waals surface area contributed by atoms with Gasteiger partial charge in [-0.25, -0.2) is 4.79 Å². The Bertz CT molecular complexity index is 915. The highest BCUT2D eigenvalue weighted by Gasteiger charge is 2.10. The fraction of sp³-hybridized carbons (Fsp3) is 0.238. The minimum Gasteiger partial charge on any atom is -0.484 e. The lowest BCUT2D eigenvalue weighted by molar-refractivity contribution is -0.123. The van der Waals surface area contributed by atoms with E-state index in [0.717, 1.165) is 12.0 Å². The van der Waals surface area contributed by atoms with Crippen molar-refractivity contribution in [2.24, 2.45) is 0 Å². The van der Waals surface area contributed by atoms with Gasteiger partial charge in [-0.15, -0.1) is 0 Å². The summed E-state index contributed by atoms with van der Waals surface area (Å²) in [4.78, 5) is 35.7. The molecule has 3 N–H and O–H groups in total. The van der Waals surface area contributed by atoms with E-state index in [0.29, 0.717) is 23.5 Å². The molecule has 0 unspecified atom stereocenters. The number of thiocarbonyl (C=S) groups is 1. The molecule has 0 saturated heterocycles. The van der Waals surface area contributed by atoms with Crippen LogP contribution in [0.1, 0.15) is 39.6 Å². The smallest absolute Gasteiger partial charge is 0.338 e. The highest BCUT2D eigenvalue weighted by molar-refractivity contribution is 7.80. The molecule has 2 aromatic rings. The number of nitrogens with one attached hydrogen (secondary N) is 3. The zero-order chi connectivity index (χ0) is 21.9. The lowest BCUT2D eigenvalue weighted by atomic mass is 10.1. The molecule has 0 bridgehead atoms.